The van der Waals surface area contributed by atoms with E-state index in [-0.39, 0.29) is 62.3 Å². The third kappa shape index (κ3) is 5.64. The predicted octanol–water partition coefficient (Wildman–Crippen LogP) is -2.27. The van der Waals surface area contributed by atoms with Gasteiger partial charge in [0.1, 0.15) is 0 Å². The molecule has 0 aliphatic heterocycles. The Hall–Kier alpha value is 1.43. The first-order valence-electron chi connectivity index (χ1n) is 2.36. The average molecular weight is 252 g/mol. The third-order valence-corrected chi connectivity index (χ3v) is 1.54. The van der Waals surface area contributed by atoms with Crippen LogP contribution in [0.3, 0.4) is 0 Å². The maximum absolute atomic E-state index is 10.2. The fourth-order valence-corrected chi connectivity index (χ4v) is 0.841. The third-order valence-electron chi connectivity index (χ3n) is 0.880. The van der Waals surface area contributed by atoms with E-state index in [1.807, 2.05) is 0 Å². The second-order valence-electron chi connectivity index (χ2n) is 1.47. The molecule has 51 valence electrons. The van der Waals surface area contributed by atoms with Crippen LogP contribution in [0.25, 0.3) is 0 Å². The van der Waals surface area contributed by atoms with Crippen LogP contribution in [-0.2, 0) is 43.8 Å². The molecule has 1 atom stereocenters. The fourth-order valence-electron chi connectivity index (χ4n) is 0.483. The molecular formula is C6H4NaO2SY-. The molecule has 0 amide bonds. The van der Waals surface area contributed by atoms with Crippen LogP contribution >= 0.6 is 0 Å². The van der Waals surface area contributed by atoms with Gasteiger partial charge in [0.25, 0.3) is 0 Å². The van der Waals surface area contributed by atoms with E-state index in [9.17, 15) is 8.76 Å². The van der Waals surface area contributed by atoms with Crippen molar-refractivity contribution >= 4 is 11.1 Å². The minimum absolute atomic E-state index is 0. The van der Waals surface area contributed by atoms with Gasteiger partial charge in [-0.2, -0.15) is 30.3 Å². The SMILES string of the molecule is O=S([O-])c1cc[c-]cc1.[Na+].[Y]. The van der Waals surface area contributed by atoms with E-state index in [0.29, 0.717) is 4.90 Å². The van der Waals surface area contributed by atoms with Crippen molar-refractivity contribution in [3.63, 3.8) is 0 Å². The summed E-state index contributed by atoms with van der Waals surface area (Å²) in [5, 5.41) is 0. The summed E-state index contributed by atoms with van der Waals surface area (Å²) in [6.07, 6.45) is 0. The standard InChI is InChI=1S/C6H5O2S.Na.Y/c7-9(8)6-4-2-1-3-5-6;;/h2-5H,(H,7,8);;/q-1;+1;/p-1. The maximum Gasteiger partial charge on any atom is 1.00 e. The van der Waals surface area contributed by atoms with Crippen LogP contribution in [0.1, 0.15) is 0 Å². The molecule has 1 rings (SSSR count). The van der Waals surface area contributed by atoms with Gasteiger partial charge in [0.05, 0.1) is 0 Å². The minimum atomic E-state index is -2.10. The summed E-state index contributed by atoms with van der Waals surface area (Å²) in [7, 11) is 0. The van der Waals surface area contributed by atoms with E-state index >= 15 is 0 Å². The van der Waals surface area contributed by atoms with Crippen molar-refractivity contribution in [2.24, 2.45) is 0 Å². The molecule has 0 fully saturated rings. The van der Waals surface area contributed by atoms with Crippen LogP contribution in [0.15, 0.2) is 29.2 Å². The molecule has 1 unspecified atom stereocenters. The zero-order valence-electron chi connectivity index (χ0n) is 6.11. The molecule has 5 heteroatoms. The van der Waals surface area contributed by atoms with Crippen LogP contribution in [-0.4, -0.2) is 8.76 Å². The van der Waals surface area contributed by atoms with E-state index < -0.39 is 11.1 Å². The summed E-state index contributed by atoms with van der Waals surface area (Å²) in [5.74, 6) is 0. The summed E-state index contributed by atoms with van der Waals surface area (Å²) < 4.78 is 20.4. The van der Waals surface area contributed by atoms with Gasteiger partial charge in [-0.3, -0.25) is 4.21 Å². The van der Waals surface area contributed by atoms with Gasteiger partial charge in [-0.15, -0.1) is 0 Å². The number of benzene rings is 1. The zero-order chi connectivity index (χ0) is 6.69. The first kappa shape index (κ1) is 14.9. The number of rotatable bonds is 1. The normalized spacial score (nSPS) is 10.6. The molecule has 0 saturated heterocycles. The van der Waals surface area contributed by atoms with Gasteiger partial charge in [0, 0.05) is 32.7 Å². The Bertz CT molecular complexity index is 217. The minimum Gasteiger partial charge on any atom is -0.770 e. The van der Waals surface area contributed by atoms with Gasteiger partial charge in [-0.25, -0.2) is 0 Å². The molecule has 0 aliphatic rings. The Morgan fingerprint density at radius 1 is 1.36 bits per heavy atom. The molecule has 0 saturated carbocycles. The summed E-state index contributed by atoms with van der Waals surface area (Å²) >= 11 is -2.10. The van der Waals surface area contributed by atoms with Crippen molar-refractivity contribution in [2.75, 3.05) is 0 Å². The van der Waals surface area contributed by atoms with E-state index in [1.54, 1.807) is 12.1 Å². The van der Waals surface area contributed by atoms with Gasteiger partial charge < -0.3 is 4.55 Å². The largest absolute Gasteiger partial charge is 1.00 e. The second kappa shape index (κ2) is 8.05. The van der Waals surface area contributed by atoms with Crippen LogP contribution in [0.2, 0.25) is 0 Å². The van der Waals surface area contributed by atoms with Gasteiger partial charge in [-0.1, -0.05) is 4.90 Å². The summed E-state index contributed by atoms with van der Waals surface area (Å²) in [6.45, 7) is 0. The van der Waals surface area contributed by atoms with E-state index in [0.717, 1.165) is 0 Å². The van der Waals surface area contributed by atoms with Crippen LogP contribution in [0.5, 0.6) is 0 Å². The van der Waals surface area contributed by atoms with E-state index in [4.69, 9.17) is 0 Å². The van der Waals surface area contributed by atoms with Crippen LogP contribution in [0, 0.1) is 6.07 Å². The molecule has 11 heavy (non-hydrogen) atoms. The Morgan fingerprint density at radius 2 is 1.82 bits per heavy atom. The number of hydrogen-bond acceptors (Lipinski definition) is 2. The van der Waals surface area contributed by atoms with Crippen LogP contribution < -0.4 is 29.6 Å². The molecule has 1 radical (unpaired) electrons. The Balaban J connectivity index is 0. The summed E-state index contributed by atoms with van der Waals surface area (Å²) in [5.41, 5.74) is 0. The van der Waals surface area contributed by atoms with Gasteiger partial charge in [-0.05, 0) is 11.1 Å². The van der Waals surface area contributed by atoms with Crippen molar-refractivity contribution in [3.8, 4) is 0 Å². The monoisotopic (exact) mass is 252 g/mol. The van der Waals surface area contributed by atoms with Gasteiger partial charge >= 0.3 is 29.6 Å². The van der Waals surface area contributed by atoms with Crippen molar-refractivity contribution in [2.45, 2.75) is 4.90 Å². The maximum atomic E-state index is 10.2. The molecule has 0 N–H and O–H groups in total. The molecule has 1 aromatic rings. The fraction of sp³-hybridized carbons (Fsp3) is 0. The van der Waals surface area contributed by atoms with Gasteiger partial charge in [0.15, 0.2) is 0 Å². The molecule has 2 nitrogen and oxygen atoms in total. The van der Waals surface area contributed by atoms with Crippen molar-refractivity contribution < 1.29 is 71.0 Å². The Kier molecular flexibility index (Phi) is 10.9. The summed E-state index contributed by atoms with van der Waals surface area (Å²) in [4.78, 5) is 0.300. The smallest absolute Gasteiger partial charge is 0.770 e. The molecule has 0 aliphatic carbocycles. The van der Waals surface area contributed by atoms with E-state index in [1.165, 1.54) is 12.1 Å². The Labute approximate surface area is 116 Å². The van der Waals surface area contributed by atoms with Crippen molar-refractivity contribution in [3.05, 3.63) is 30.3 Å². The molecular weight excluding hydrogens is 248 g/mol. The number of hydrogen-bond donors (Lipinski definition) is 0. The Morgan fingerprint density at radius 3 is 2.09 bits per heavy atom. The zero-order valence-corrected chi connectivity index (χ0v) is 11.8. The first-order chi connectivity index (χ1) is 4.30. The molecule has 0 aromatic heterocycles. The van der Waals surface area contributed by atoms with Gasteiger partial charge in [0.2, 0.25) is 0 Å². The molecule has 0 heterocycles. The van der Waals surface area contributed by atoms with Crippen molar-refractivity contribution in [1.82, 2.24) is 0 Å². The van der Waals surface area contributed by atoms with Crippen molar-refractivity contribution in [1.29, 1.82) is 0 Å². The predicted molar refractivity (Wildman–Crippen MR) is 32.5 cm³/mol. The quantitative estimate of drug-likeness (QED) is 0.321. The topological polar surface area (TPSA) is 40.1 Å². The first-order valence-corrected chi connectivity index (χ1v) is 3.43. The molecule has 0 spiro atoms. The average Bonchev–Trinajstić information content (AvgIpc) is 1.90. The van der Waals surface area contributed by atoms with E-state index in [2.05, 4.69) is 6.07 Å². The van der Waals surface area contributed by atoms with Crippen LogP contribution in [0.4, 0.5) is 0 Å². The summed E-state index contributed by atoms with van der Waals surface area (Å²) in [6, 6.07) is 8.81. The molecule has 1 aromatic carbocycles. The second-order valence-corrected chi connectivity index (χ2v) is 2.41. The molecule has 0 bridgehead atoms.